The summed E-state index contributed by atoms with van der Waals surface area (Å²) in [4.78, 5) is 13.3. The molecule has 0 fully saturated rings. The summed E-state index contributed by atoms with van der Waals surface area (Å²) in [6.45, 7) is 5.88. The maximum Gasteiger partial charge on any atom is 0.234 e. The number of aryl methyl sites for hydroxylation is 1. The average Bonchev–Trinajstić information content (AvgIpc) is 2.51. The molecule has 0 radical (unpaired) electrons. The van der Waals surface area contributed by atoms with Gasteiger partial charge in [0.2, 0.25) is 5.91 Å². The van der Waals surface area contributed by atoms with Gasteiger partial charge < -0.3 is 5.73 Å². The Morgan fingerprint density at radius 3 is 2.57 bits per heavy atom. The number of nitrogens with one attached hydrogen (secondary N) is 1. The van der Waals surface area contributed by atoms with Crippen molar-refractivity contribution in [3.05, 3.63) is 21.9 Å². The molecule has 14 heavy (non-hydrogen) atoms. The topological polar surface area (TPSA) is 55.1 Å². The summed E-state index contributed by atoms with van der Waals surface area (Å²) in [5.41, 5.74) is 5.17. The Balaban J connectivity index is 2.58. The van der Waals surface area contributed by atoms with Crippen LogP contribution in [0, 0.1) is 6.92 Å². The molecule has 78 valence electrons. The van der Waals surface area contributed by atoms with Crippen LogP contribution in [-0.4, -0.2) is 11.9 Å². The summed E-state index contributed by atoms with van der Waals surface area (Å²) in [6, 6.07) is 4.04. The van der Waals surface area contributed by atoms with Gasteiger partial charge >= 0.3 is 0 Å². The van der Waals surface area contributed by atoms with Gasteiger partial charge in [-0.1, -0.05) is 0 Å². The van der Waals surface area contributed by atoms with Gasteiger partial charge in [0.1, 0.15) is 0 Å². The van der Waals surface area contributed by atoms with E-state index in [1.807, 2.05) is 6.92 Å². The molecule has 2 atom stereocenters. The van der Waals surface area contributed by atoms with E-state index in [4.69, 9.17) is 5.73 Å². The molecular weight excluding hydrogens is 196 g/mol. The molecule has 0 aromatic carbocycles. The van der Waals surface area contributed by atoms with E-state index in [-0.39, 0.29) is 18.0 Å². The molecule has 3 nitrogen and oxygen atoms in total. The predicted octanol–water partition coefficient (Wildman–Crippen LogP) is 1.58. The van der Waals surface area contributed by atoms with Crippen molar-refractivity contribution in [2.75, 3.05) is 0 Å². The molecular formula is C10H16N2OS. The van der Waals surface area contributed by atoms with E-state index in [1.165, 1.54) is 9.75 Å². The Morgan fingerprint density at radius 2 is 2.14 bits per heavy atom. The third-order valence-electron chi connectivity index (χ3n) is 2.11. The highest BCUT2D eigenvalue weighted by atomic mass is 32.1. The van der Waals surface area contributed by atoms with Crippen LogP contribution in [0.25, 0.3) is 0 Å². The molecule has 1 rings (SSSR count). The summed E-state index contributed by atoms with van der Waals surface area (Å²) in [7, 11) is 0. The summed E-state index contributed by atoms with van der Waals surface area (Å²) in [6.07, 6.45) is 0. The van der Waals surface area contributed by atoms with Gasteiger partial charge in [0, 0.05) is 15.8 Å². The smallest absolute Gasteiger partial charge is 0.234 e. The van der Waals surface area contributed by atoms with Crippen LogP contribution in [0.4, 0.5) is 0 Å². The summed E-state index contributed by atoms with van der Waals surface area (Å²) < 4.78 is 0. The zero-order valence-corrected chi connectivity index (χ0v) is 9.52. The van der Waals surface area contributed by atoms with Crippen molar-refractivity contribution in [3.8, 4) is 0 Å². The second kappa shape index (κ2) is 4.57. The van der Waals surface area contributed by atoms with Crippen LogP contribution < -0.4 is 11.1 Å². The van der Waals surface area contributed by atoms with Crippen molar-refractivity contribution in [2.24, 2.45) is 5.73 Å². The second-order valence-corrected chi connectivity index (χ2v) is 4.78. The first-order valence-electron chi connectivity index (χ1n) is 4.62. The molecule has 0 saturated carbocycles. The quantitative estimate of drug-likeness (QED) is 0.796. The molecule has 1 heterocycles. The van der Waals surface area contributed by atoms with Crippen LogP contribution in [0.3, 0.4) is 0 Å². The molecule has 1 aromatic heterocycles. The molecule has 0 spiro atoms. The van der Waals surface area contributed by atoms with Crippen molar-refractivity contribution >= 4 is 17.2 Å². The zero-order chi connectivity index (χ0) is 10.7. The van der Waals surface area contributed by atoms with E-state index in [2.05, 4.69) is 24.4 Å². The Kier molecular flexibility index (Phi) is 3.66. The van der Waals surface area contributed by atoms with Gasteiger partial charge in [0.05, 0.1) is 6.04 Å². The van der Waals surface area contributed by atoms with E-state index < -0.39 is 0 Å². The minimum Gasteiger partial charge on any atom is -0.368 e. The maximum absolute atomic E-state index is 10.8. The van der Waals surface area contributed by atoms with E-state index in [0.717, 1.165) is 0 Å². The highest BCUT2D eigenvalue weighted by Gasteiger charge is 2.14. The number of rotatable bonds is 4. The molecule has 1 aromatic rings. The van der Waals surface area contributed by atoms with Crippen molar-refractivity contribution in [3.63, 3.8) is 0 Å². The Bertz CT molecular complexity index is 322. The number of amides is 1. The first kappa shape index (κ1) is 11.2. The standard InChI is InChI=1S/C10H16N2OS/c1-6-4-5-9(14-6)7(2)12-8(3)10(11)13/h4-5,7-8,12H,1-3H3,(H2,11,13). The monoisotopic (exact) mass is 212 g/mol. The number of primary amides is 1. The van der Waals surface area contributed by atoms with E-state index in [1.54, 1.807) is 18.3 Å². The molecule has 1 amide bonds. The number of thiophene rings is 1. The Labute approximate surface area is 88.3 Å². The molecule has 2 unspecified atom stereocenters. The van der Waals surface area contributed by atoms with E-state index >= 15 is 0 Å². The van der Waals surface area contributed by atoms with Gasteiger partial charge in [0.15, 0.2) is 0 Å². The normalized spacial score (nSPS) is 15.1. The maximum atomic E-state index is 10.8. The average molecular weight is 212 g/mol. The van der Waals surface area contributed by atoms with Crippen molar-refractivity contribution < 1.29 is 4.79 Å². The lowest BCUT2D eigenvalue weighted by molar-refractivity contribution is -0.119. The van der Waals surface area contributed by atoms with Gasteiger partial charge in [-0.15, -0.1) is 11.3 Å². The lowest BCUT2D eigenvalue weighted by Crippen LogP contribution is -2.39. The van der Waals surface area contributed by atoms with Crippen LogP contribution in [0.15, 0.2) is 12.1 Å². The van der Waals surface area contributed by atoms with Gasteiger partial charge in [-0.3, -0.25) is 10.1 Å². The minimum atomic E-state index is -0.315. The predicted molar refractivity (Wildman–Crippen MR) is 59.3 cm³/mol. The number of hydrogen-bond acceptors (Lipinski definition) is 3. The fraction of sp³-hybridized carbons (Fsp3) is 0.500. The SMILES string of the molecule is Cc1ccc(C(C)NC(C)C(N)=O)s1. The largest absolute Gasteiger partial charge is 0.368 e. The van der Waals surface area contributed by atoms with E-state index in [9.17, 15) is 4.79 Å². The van der Waals surface area contributed by atoms with Crippen molar-refractivity contribution in [1.82, 2.24) is 5.32 Å². The van der Waals surface area contributed by atoms with Crippen LogP contribution in [0.5, 0.6) is 0 Å². The van der Waals surface area contributed by atoms with Crippen LogP contribution in [0.2, 0.25) is 0 Å². The van der Waals surface area contributed by atoms with Crippen LogP contribution in [-0.2, 0) is 4.79 Å². The highest BCUT2D eigenvalue weighted by molar-refractivity contribution is 7.12. The zero-order valence-electron chi connectivity index (χ0n) is 8.70. The fourth-order valence-corrected chi connectivity index (χ4v) is 2.11. The molecule has 0 aliphatic carbocycles. The fourth-order valence-electron chi connectivity index (χ4n) is 1.23. The van der Waals surface area contributed by atoms with Crippen LogP contribution >= 0.6 is 11.3 Å². The number of carbonyl (C=O) groups is 1. The van der Waals surface area contributed by atoms with Gasteiger partial charge in [-0.25, -0.2) is 0 Å². The van der Waals surface area contributed by atoms with Crippen LogP contribution in [0.1, 0.15) is 29.6 Å². The number of carbonyl (C=O) groups excluding carboxylic acids is 1. The first-order chi connectivity index (χ1) is 6.50. The van der Waals surface area contributed by atoms with Crippen molar-refractivity contribution in [2.45, 2.75) is 32.9 Å². The summed E-state index contributed by atoms with van der Waals surface area (Å²) >= 11 is 1.73. The molecule has 0 saturated heterocycles. The molecule has 4 heteroatoms. The third kappa shape index (κ3) is 2.82. The lowest BCUT2D eigenvalue weighted by Gasteiger charge is -2.16. The number of nitrogens with two attached hydrogens (primary N) is 1. The summed E-state index contributed by atoms with van der Waals surface area (Å²) in [5, 5.41) is 3.14. The molecule has 3 N–H and O–H groups in total. The Hall–Kier alpha value is -0.870. The summed E-state index contributed by atoms with van der Waals surface area (Å²) in [5.74, 6) is -0.315. The second-order valence-electron chi connectivity index (χ2n) is 3.46. The Morgan fingerprint density at radius 1 is 1.50 bits per heavy atom. The first-order valence-corrected chi connectivity index (χ1v) is 5.44. The van der Waals surface area contributed by atoms with Gasteiger partial charge in [-0.05, 0) is 32.9 Å². The van der Waals surface area contributed by atoms with E-state index in [0.29, 0.717) is 0 Å². The molecule has 0 aliphatic heterocycles. The third-order valence-corrected chi connectivity index (χ3v) is 3.30. The molecule has 0 bridgehead atoms. The van der Waals surface area contributed by atoms with Gasteiger partial charge in [-0.2, -0.15) is 0 Å². The number of hydrogen-bond donors (Lipinski definition) is 2. The van der Waals surface area contributed by atoms with Crippen molar-refractivity contribution in [1.29, 1.82) is 0 Å². The van der Waals surface area contributed by atoms with Gasteiger partial charge in [0.25, 0.3) is 0 Å². The molecule has 0 aliphatic rings. The highest BCUT2D eigenvalue weighted by Crippen LogP contribution is 2.22. The minimum absolute atomic E-state index is 0.177. The lowest BCUT2D eigenvalue weighted by atomic mass is 10.2.